The Kier molecular flexibility index (Phi) is 6.23. The van der Waals surface area contributed by atoms with Gasteiger partial charge in [-0.3, -0.25) is 9.79 Å². The molecular formula is C24H29N5O2. The maximum Gasteiger partial charge on any atom is 0.182 e. The molecule has 162 valence electrons. The van der Waals surface area contributed by atoms with E-state index in [1.807, 2.05) is 13.8 Å². The first-order valence-electron chi connectivity index (χ1n) is 10.9. The number of carbonyl (C=O) groups is 1. The third kappa shape index (κ3) is 4.42. The van der Waals surface area contributed by atoms with Gasteiger partial charge in [-0.15, -0.1) is 0 Å². The molecular weight excluding hydrogens is 390 g/mol. The van der Waals surface area contributed by atoms with Crippen LogP contribution in [0.1, 0.15) is 43.0 Å². The smallest absolute Gasteiger partial charge is 0.182 e. The second-order valence-electron chi connectivity index (χ2n) is 8.28. The van der Waals surface area contributed by atoms with Crippen molar-refractivity contribution in [2.45, 2.75) is 46.5 Å². The number of ketones is 1. The van der Waals surface area contributed by atoms with E-state index in [1.54, 1.807) is 6.33 Å². The molecule has 1 aromatic heterocycles. The van der Waals surface area contributed by atoms with E-state index in [1.165, 1.54) is 11.1 Å². The van der Waals surface area contributed by atoms with Gasteiger partial charge in [0.15, 0.2) is 11.6 Å². The van der Waals surface area contributed by atoms with Crippen molar-refractivity contribution in [2.75, 3.05) is 24.7 Å². The molecule has 0 saturated carbocycles. The Morgan fingerprint density at radius 1 is 1.32 bits per heavy atom. The molecule has 1 unspecified atom stereocenters. The van der Waals surface area contributed by atoms with Crippen LogP contribution in [0.4, 0.5) is 17.2 Å². The quantitative estimate of drug-likeness (QED) is 0.676. The number of hydrogen-bond donors (Lipinski definition) is 1. The van der Waals surface area contributed by atoms with Gasteiger partial charge in [-0.25, -0.2) is 9.97 Å². The van der Waals surface area contributed by atoms with Crippen LogP contribution in [0.15, 0.2) is 29.5 Å². The molecule has 7 heteroatoms. The number of nitrogens with one attached hydrogen (secondary N) is 1. The highest BCUT2D eigenvalue weighted by Gasteiger charge is 2.28. The third-order valence-corrected chi connectivity index (χ3v) is 6.03. The highest BCUT2D eigenvalue weighted by atomic mass is 16.5. The number of rotatable bonds is 7. The van der Waals surface area contributed by atoms with Crippen molar-refractivity contribution in [3.05, 3.63) is 41.3 Å². The van der Waals surface area contributed by atoms with E-state index >= 15 is 0 Å². The van der Waals surface area contributed by atoms with Crippen LogP contribution >= 0.6 is 0 Å². The van der Waals surface area contributed by atoms with Gasteiger partial charge >= 0.3 is 0 Å². The maximum atomic E-state index is 12.6. The van der Waals surface area contributed by atoms with Gasteiger partial charge in [0.1, 0.15) is 12.0 Å². The van der Waals surface area contributed by atoms with Gasteiger partial charge in [-0.05, 0) is 44.7 Å². The van der Waals surface area contributed by atoms with Crippen LogP contribution in [0.5, 0.6) is 0 Å². The summed E-state index contributed by atoms with van der Waals surface area (Å²) in [6.45, 7) is 7.89. The third-order valence-electron chi connectivity index (χ3n) is 6.03. The first-order chi connectivity index (χ1) is 15.0. The van der Waals surface area contributed by atoms with Crippen molar-refractivity contribution < 1.29 is 9.53 Å². The Morgan fingerprint density at radius 2 is 2.16 bits per heavy atom. The number of benzene rings is 1. The number of ether oxygens (including phenoxy) is 1. The van der Waals surface area contributed by atoms with Crippen LogP contribution in [-0.2, 0) is 16.0 Å². The van der Waals surface area contributed by atoms with E-state index in [2.05, 4.69) is 40.0 Å². The molecule has 2 aliphatic rings. The molecule has 1 saturated heterocycles. The van der Waals surface area contributed by atoms with Crippen molar-refractivity contribution in [2.24, 2.45) is 10.9 Å². The maximum absolute atomic E-state index is 12.6. The second-order valence-corrected chi connectivity index (χ2v) is 8.28. The lowest BCUT2D eigenvalue weighted by Crippen LogP contribution is -2.25. The summed E-state index contributed by atoms with van der Waals surface area (Å²) in [7, 11) is 0. The number of aryl methyl sites for hydroxylation is 2. The van der Waals surface area contributed by atoms with Crippen LogP contribution in [-0.4, -0.2) is 46.9 Å². The molecule has 0 bridgehead atoms. The summed E-state index contributed by atoms with van der Waals surface area (Å²) in [4.78, 5) is 28.6. The van der Waals surface area contributed by atoms with Gasteiger partial charge < -0.3 is 15.0 Å². The molecule has 1 fully saturated rings. The lowest BCUT2D eigenvalue weighted by Gasteiger charge is -2.21. The van der Waals surface area contributed by atoms with E-state index in [4.69, 9.17) is 15.1 Å². The Labute approximate surface area is 183 Å². The number of anilines is 2. The number of fused-ring (bicyclic) bond motifs is 1. The summed E-state index contributed by atoms with van der Waals surface area (Å²) in [5.74, 6) is 0.472. The van der Waals surface area contributed by atoms with Crippen molar-refractivity contribution >= 4 is 34.4 Å². The van der Waals surface area contributed by atoms with Gasteiger partial charge in [0.25, 0.3) is 0 Å². The zero-order valence-corrected chi connectivity index (χ0v) is 18.4. The fourth-order valence-electron chi connectivity index (χ4n) is 4.21. The fraction of sp³-hybridized carbons (Fsp3) is 0.458. The average molecular weight is 420 g/mol. The highest BCUT2D eigenvalue weighted by Crippen LogP contribution is 2.39. The molecule has 3 heterocycles. The average Bonchev–Trinajstić information content (AvgIpc) is 3.43. The zero-order chi connectivity index (χ0) is 22.0. The molecule has 1 atom stereocenters. The molecule has 1 aromatic carbocycles. The summed E-state index contributed by atoms with van der Waals surface area (Å²) >= 11 is 0. The number of nitrogens with zero attached hydrogens (tertiary/aromatic N) is 4. The van der Waals surface area contributed by atoms with E-state index in [9.17, 15) is 4.79 Å². The molecule has 31 heavy (non-hydrogen) atoms. The Bertz CT molecular complexity index is 1040. The minimum absolute atomic E-state index is 0.106. The van der Waals surface area contributed by atoms with E-state index in [-0.39, 0.29) is 23.8 Å². The minimum Gasteiger partial charge on any atom is -0.381 e. The van der Waals surface area contributed by atoms with Crippen molar-refractivity contribution in [1.82, 2.24) is 9.97 Å². The lowest BCUT2D eigenvalue weighted by atomic mass is 9.96. The Morgan fingerprint density at radius 3 is 2.90 bits per heavy atom. The van der Waals surface area contributed by atoms with Gasteiger partial charge in [-0.1, -0.05) is 24.6 Å². The predicted octanol–water partition coefficient (Wildman–Crippen LogP) is 4.29. The molecule has 0 spiro atoms. The van der Waals surface area contributed by atoms with Crippen LogP contribution in [0, 0.1) is 25.2 Å². The molecule has 0 amide bonds. The van der Waals surface area contributed by atoms with Crippen LogP contribution in [0.3, 0.4) is 0 Å². The van der Waals surface area contributed by atoms with Gasteiger partial charge in [0.2, 0.25) is 0 Å². The number of aliphatic imine (C=N–C) groups is 1. The summed E-state index contributed by atoms with van der Waals surface area (Å²) in [6.07, 6.45) is 4.14. The SMILES string of the molecule is CC/C(CC(=N)C(=O)C1CCOC1)=N\c1c(C)ncnc1N1CCc2cc(C)ccc21. The number of hydrogen-bond acceptors (Lipinski definition) is 7. The Hall–Kier alpha value is -2.93. The number of carbonyl (C=O) groups excluding carboxylic acids is 1. The lowest BCUT2D eigenvalue weighted by molar-refractivity contribution is -0.116. The second kappa shape index (κ2) is 9.06. The van der Waals surface area contributed by atoms with Crippen LogP contribution in [0.25, 0.3) is 0 Å². The monoisotopic (exact) mass is 419 g/mol. The number of Topliss-reactive ketones (excluding diaryl/α,β-unsaturated/α-hetero) is 1. The number of aromatic nitrogens is 2. The van der Waals surface area contributed by atoms with E-state index in [0.717, 1.165) is 41.6 Å². The van der Waals surface area contributed by atoms with Gasteiger partial charge in [0, 0.05) is 36.9 Å². The topological polar surface area (TPSA) is 91.5 Å². The molecule has 2 aliphatic heterocycles. The summed E-state index contributed by atoms with van der Waals surface area (Å²) in [6, 6.07) is 6.48. The Balaban J connectivity index is 1.63. The van der Waals surface area contributed by atoms with E-state index in [0.29, 0.717) is 26.1 Å². The van der Waals surface area contributed by atoms with Crippen molar-refractivity contribution in [3.63, 3.8) is 0 Å². The van der Waals surface area contributed by atoms with Crippen LogP contribution < -0.4 is 4.90 Å². The van der Waals surface area contributed by atoms with Crippen molar-refractivity contribution in [1.29, 1.82) is 5.41 Å². The first kappa shape index (κ1) is 21.3. The molecule has 7 nitrogen and oxygen atoms in total. The fourth-order valence-corrected chi connectivity index (χ4v) is 4.21. The molecule has 4 rings (SSSR count). The summed E-state index contributed by atoms with van der Waals surface area (Å²) in [5, 5.41) is 8.32. The van der Waals surface area contributed by atoms with Crippen LogP contribution in [0.2, 0.25) is 0 Å². The van der Waals surface area contributed by atoms with E-state index < -0.39 is 0 Å². The summed E-state index contributed by atoms with van der Waals surface area (Å²) in [5.41, 5.74) is 6.13. The largest absolute Gasteiger partial charge is 0.381 e. The molecule has 2 aromatic rings. The predicted molar refractivity (Wildman–Crippen MR) is 122 cm³/mol. The minimum atomic E-state index is -0.187. The summed E-state index contributed by atoms with van der Waals surface area (Å²) < 4.78 is 5.31. The van der Waals surface area contributed by atoms with Gasteiger partial charge in [-0.2, -0.15) is 0 Å². The zero-order valence-electron chi connectivity index (χ0n) is 18.4. The molecule has 0 radical (unpaired) electrons. The molecule has 0 aliphatic carbocycles. The normalized spacial score (nSPS) is 18.4. The van der Waals surface area contributed by atoms with Crippen molar-refractivity contribution in [3.8, 4) is 0 Å². The highest BCUT2D eigenvalue weighted by molar-refractivity contribution is 6.42. The van der Waals surface area contributed by atoms with Gasteiger partial charge in [0.05, 0.1) is 18.0 Å². The first-order valence-corrected chi connectivity index (χ1v) is 10.9. The molecule has 1 N–H and O–H groups in total. The standard InChI is InChI=1S/C24H29N5O2/c1-4-19(12-20(25)23(30)18-8-10-31-13-18)28-22-16(3)26-14-27-24(22)29-9-7-17-11-15(2)5-6-21(17)29/h5-6,11,14,18,25H,4,7-10,12-13H2,1-3H3/b25-20?,28-19+.